The Balaban J connectivity index is 1.64. The van der Waals surface area contributed by atoms with Gasteiger partial charge in [0, 0.05) is 45.7 Å². The molecule has 6 rings (SSSR count). The first-order valence-electron chi connectivity index (χ1n) is 11.1. The second-order valence-electron chi connectivity index (χ2n) is 8.49. The van der Waals surface area contributed by atoms with Gasteiger partial charge in [-0.15, -0.1) is 0 Å². The van der Waals surface area contributed by atoms with Crippen LogP contribution >= 0.6 is 15.9 Å². The topological polar surface area (TPSA) is 66.5 Å². The molecule has 1 fully saturated rings. The molecule has 0 radical (unpaired) electrons. The summed E-state index contributed by atoms with van der Waals surface area (Å²) in [7, 11) is 0. The second kappa shape index (κ2) is 7.92. The molecule has 34 heavy (non-hydrogen) atoms. The number of hydrogen-bond donors (Lipinski definition) is 1. The van der Waals surface area contributed by atoms with Crippen molar-refractivity contribution in [2.24, 2.45) is 0 Å². The lowest BCUT2D eigenvalue weighted by Crippen LogP contribution is -2.40. The molecule has 2 heterocycles. The molecule has 3 aromatic carbocycles. The number of benzene rings is 3. The third-order valence-corrected chi connectivity index (χ3v) is 7.14. The Morgan fingerprint density at radius 1 is 0.853 bits per heavy atom. The first-order chi connectivity index (χ1) is 16.6. The van der Waals surface area contributed by atoms with Crippen LogP contribution in [0.25, 0.3) is 0 Å². The highest BCUT2D eigenvalue weighted by atomic mass is 79.9. The summed E-state index contributed by atoms with van der Waals surface area (Å²) in [5, 5.41) is 3.34. The van der Waals surface area contributed by atoms with Crippen molar-refractivity contribution in [2.45, 2.75) is 5.92 Å². The van der Waals surface area contributed by atoms with Gasteiger partial charge in [-0.2, -0.15) is 0 Å². The van der Waals surface area contributed by atoms with E-state index in [1.54, 1.807) is 36.4 Å². The number of halogens is 1. The lowest BCUT2D eigenvalue weighted by atomic mass is 9.72. The van der Waals surface area contributed by atoms with Crippen molar-refractivity contribution >= 4 is 33.3 Å². The number of fused-ring (bicyclic) bond motifs is 3. The first-order valence-corrected chi connectivity index (χ1v) is 11.9. The molecule has 3 aliphatic rings. The average Bonchev–Trinajstić information content (AvgIpc) is 3.36. The van der Waals surface area contributed by atoms with Crippen molar-refractivity contribution in [3.63, 3.8) is 0 Å². The number of nitrogens with zero attached hydrogens (tertiary/aromatic N) is 1. The van der Waals surface area contributed by atoms with Gasteiger partial charge in [0.05, 0.1) is 11.3 Å². The van der Waals surface area contributed by atoms with Crippen molar-refractivity contribution < 1.29 is 14.4 Å². The largest absolute Gasteiger partial charge is 0.369 e. The van der Waals surface area contributed by atoms with Gasteiger partial charge in [-0.25, -0.2) is 0 Å². The highest BCUT2D eigenvalue weighted by molar-refractivity contribution is 9.10. The lowest BCUT2D eigenvalue weighted by molar-refractivity contribution is 0.0936. The van der Waals surface area contributed by atoms with Crippen LogP contribution in [0, 0.1) is 0 Å². The molecule has 0 aromatic heterocycles. The van der Waals surface area contributed by atoms with Crippen LogP contribution in [0.2, 0.25) is 0 Å². The highest BCUT2D eigenvalue weighted by Crippen LogP contribution is 2.47. The van der Waals surface area contributed by atoms with Crippen LogP contribution in [0.1, 0.15) is 42.6 Å². The minimum atomic E-state index is -0.669. The predicted octanol–water partition coefficient (Wildman–Crippen LogP) is 4.88. The fourth-order valence-electron chi connectivity index (χ4n) is 5.13. The van der Waals surface area contributed by atoms with Gasteiger partial charge in [0.2, 0.25) is 5.78 Å². The van der Waals surface area contributed by atoms with Gasteiger partial charge >= 0.3 is 0 Å². The zero-order valence-electron chi connectivity index (χ0n) is 18.0. The van der Waals surface area contributed by atoms with Crippen LogP contribution in [0.3, 0.4) is 0 Å². The first kappa shape index (κ1) is 20.8. The van der Waals surface area contributed by atoms with Gasteiger partial charge in [0.1, 0.15) is 5.82 Å². The van der Waals surface area contributed by atoms with Crippen molar-refractivity contribution in [2.75, 3.05) is 13.1 Å². The van der Waals surface area contributed by atoms with Gasteiger partial charge in [-0.3, -0.25) is 14.4 Å². The molecule has 1 aliphatic carbocycles. The van der Waals surface area contributed by atoms with E-state index in [0.29, 0.717) is 52.4 Å². The van der Waals surface area contributed by atoms with E-state index < -0.39 is 5.92 Å². The summed E-state index contributed by atoms with van der Waals surface area (Å²) >= 11 is 3.47. The molecule has 0 amide bonds. The molecule has 1 saturated heterocycles. The van der Waals surface area contributed by atoms with E-state index in [1.807, 2.05) is 47.4 Å². The molecule has 0 spiro atoms. The molecule has 5 nitrogen and oxygen atoms in total. The summed E-state index contributed by atoms with van der Waals surface area (Å²) in [6.07, 6.45) is 0. The van der Waals surface area contributed by atoms with Crippen LogP contribution in [0.4, 0.5) is 0 Å². The molecule has 1 unspecified atom stereocenters. The SMILES string of the molecule is O=C(C1=C2NCCN2C2=C(C(=O)c3ccccc3C2=O)C1c1ccc(Br)cc1)c1ccccc1. The van der Waals surface area contributed by atoms with E-state index >= 15 is 0 Å². The van der Waals surface area contributed by atoms with E-state index in [4.69, 9.17) is 0 Å². The van der Waals surface area contributed by atoms with Crippen molar-refractivity contribution in [3.8, 4) is 0 Å². The summed E-state index contributed by atoms with van der Waals surface area (Å²) in [6.45, 7) is 1.09. The summed E-state index contributed by atoms with van der Waals surface area (Å²) in [4.78, 5) is 43.4. The Hall–Kier alpha value is -3.77. The number of nitrogens with one attached hydrogen (secondary N) is 1. The minimum Gasteiger partial charge on any atom is -0.369 e. The molecule has 1 N–H and O–H groups in total. The fourth-order valence-corrected chi connectivity index (χ4v) is 5.39. The van der Waals surface area contributed by atoms with Crippen molar-refractivity contribution in [3.05, 3.63) is 128 Å². The minimum absolute atomic E-state index is 0.159. The second-order valence-corrected chi connectivity index (χ2v) is 9.40. The van der Waals surface area contributed by atoms with Gasteiger partial charge in [-0.05, 0) is 17.7 Å². The number of allylic oxidation sites excluding steroid dienone is 3. The standard InChI is InChI=1S/C28H19BrN2O3/c29-18-12-10-16(11-13-18)21-22-24(27(34)20-9-5-4-8-19(20)26(22)33)31-15-14-30-28(31)23(21)25(32)17-6-2-1-3-7-17/h1-13,21,30H,14-15H2. The number of ketones is 3. The fraction of sp³-hybridized carbons (Fsp3) is 0.107. The zero-order valence-corrected chi connectivity index (χ0v) is 19.6. The molecule has 6 heteroatoms. The average molecular weight is 511 g/mol. The Morgan fingerprint density at radius 2 is 1.50 bits per heavy atom. The van der Waals surface area contributed by atoms with E-state index in [-0.39, 0.29) is 17.3 Å². The van der Waals surface area contributed by atoms with Crippen LogP contribution in [-0.2, 0) is 0 Å². The quantitative estimate of drug-likeness (QED) is 0.508. The van der Waals surface area contributed by atoms with E-state index in [2.05, 4.69) is 21.2 Å². The Bertz CT molecular complexity index is 1440. The van der Waals surface area contributed by atoms with Crippen LogP contribution in [0.15, 0.2) is 106 Å². The smallest absolute Gasteiger partial charge is 0.210 e. The summed E-state index contributed by atoms with van der Waals surface area (Å²) in [5.74, 6) is -0.603. The highest BCUT2D eigenvalue weighted by Gasteiger charge is 2.48. The summed E-state index contributed by atoms with van der Waals surface area (Å²) < 4.78 is 0.891. The van der Waals surface area contributed by atoms with Gasteiger partial charge in [-0.1, -0.05) is 82.7 Å². The number of Topliss-reactive ketones (excluding diaryl/α,β-unsaturated/α-hetero) is 3. The van der Waals surface area contributed by atoms with E-state index in [0.717, 1.165) is 10.0 Å². The maximum Gasteiger partial charge on any atom is 0.210 e. The number of hydrogen-bond acceptors (Lipinski definition) is 5. The predicted molar refractivity (Wildman–Crippen MR) is 132 cm³/mol. The third kappa shape index (κ3) is 3.02. The molecular formula is C28H19BrN2O3. The summed E-state index contributed by atoms with van der Waals surface area (Å²) in [6, 6.07) is 23.6. The molecule has 1 atom stereocenters. The lowest BCUT2D eigenvalue weighted by Gasteiger charge is -2.38. The zero-order chi connectivity index (χ0) is 23.4. The van der Waals surface area contributed by atoms with Crippen molar-refractivity contribution in [1.82, 2.24) is 10.2 Å². The Labute approximate surface area is 204 Å². The summed E-state index contributed by atoms with van der Waals surface area (Å²) in [5.41, 5.74) is 3.36. The maximum absolute atomic E-state index is 13.9. The van der Waals surface area contributed by atoms with Crippen LogP contribution in [-0.4, -0.2) is 35.3 Å². The van der Waals surface area contributed by atoms with Crippen LogP contribution in [0.5, 0.6) is 0 Å². The molecular weight excluding hydrogens is 492 g/mol. The van der Waals surface area contributed by atoms with Gasteiger partial charge in [0.25, 0.3) is 0 Å². The van der Waals surface area contributed by atoms with Gasteiger partial charge in [0.15, 0.2) is 11.6 Å². The maximum atomic E-state index is 13.9. The number of carbonyl (C=O) groups is 3. The Morgan fingerprint density at radius 3 is 2.21 bits per heavy atom. The normalized spacial score (nSPS) is 19.0. The van der Waals surface area contributed by atoms with Crippen LogP contribution < -0.4 is 5.32 Å². The van der Waals surface area contributed by atoms with Crippen molar-refractivity contribution in [1.29, 1.82) is 0 Å². The van der Waals surface area contributed by atoms with E-state index in [9.17, 15) is 14.4 Å². The molecule has 0 bridgehead atoms. The molecule has 166 valence electrons. The molecule has 2 aliphatic heterocycles. The number of carbonyl (C=O) groups excluding carboxylic acids is 3. The molecule has 0 saturated carbocycles. The monoisotopic (exact) mass is 510 g/mol. The Kier molecular flexibility index (Phi) is 4.85. The van der Waals surface area contributed by atoms with Gasteiger partial charge < -0.3 is 10.2 Å². The van der Waals surface area contributed by atoms with E-state index in [1.165, 1.54) is 0 Å². The number of rotatable bonds is 3. The third-order valence-electron chi connectivity index (χ3n) is 6.62. The molecule has 3 aromatic rings.